The van der Waals surface area contributed by atoms with Gasteiger partial charge in [0, 0.05) is 17.5 Å². The lowest BCUT2D eigenvalue weighted by molar-refractivity contribution is 0.416. The highest BCUT2D eigenvalue weighted by Gasteiger charge is 2.12. The molecular weight excluding hydrogens is 254 g/mol. The number of rotatable bonds is 3. The number of methoxy groups -OCH3 is 1. The van der Waals surface area contributed by atoms with Crippen LogP contribution >= 0.6 is 0 Å². The molecule has 1 N–H and O–H groups in total. The smallest absolute Gasteiger partial charge is 0.251 e. The van der Waals surface area contributed by atoms with E-state index in [2.05, 4.69) is 16.0 Å². The lowest BCUT2D eigenvalue weighted by Gasteiger charge is -2.10. The van der Waals surface area contributed by atoms with Crippen molar-refractivity contribution < 1.29 is 4.74 Å². The van der Waals surface area contributed by atoms with Crippen LogP contribution < -0.4 is 10.3 Å². The average Bonchev–Trinajstić information content (AvgIpc) is 2.45. The first kappa shape index (κ1) is 13.8. The van der Waals surface area contributed by atoms with Crippen LogP contribution in [0.15, 0.2) is 29.1 Å². The van der Waals surface area contributed by atoms with Crippen molar-refractivity contribution in [3.8, 4) is 23.1 Å². The second-order valence-corrected chi connectivity index (χ2v) is 4.70. The molecule has 20 heavy (non-hydrogen) atoms. The van der Waals surface area contributed by atoms with Crippen LogP contribution in [0.5, 0.6) is 5.75 Å². The molecule has 1 heterocycles. The van der Waals surface area contributed by atoms with Crippen LogP contribution in [0.2, 0.25) is 0 Å². The van der Waals surface area contributed by atoms with Crippen LogP contribution in [0, 0.1) is 11.3 Å². The molecule has 2 aromatic rings. The molecule has 0 amide bonds. The SMILES string of the molecule is COc1ccc(C#N)cc1-c1cc(=O)[nH]c(C(C)C)n1. The summed E-state index contributed by atoms with van der Waals surface area (Å²) in [6, 6.07) is 8.52. The summed E-state index contributed by atoms with van der Waals surface area (Å²) < 4.78 is 5.28. The van der Waals surface area contributed by atoms with E-state index in [4.69, 9.17) is 10.00 Å². The highest BCUT2D eigenvalue weighted by atomic mass is 16.5. The zero-order chi connectivity index (χ0) is 14.7. The fraction of sp³-hybridized carbons (Fsp3) is 0.267. The fourth-order valence-corrected chi connectivity index (χ4v) is 1.87. The molecule has 0 saturated carbocycles. The number of aromatic nitrogens is 2. The van der Waals surface area contributed by atoms with Crippen molar-refractivity contribution in [1.82, 2.24) is 9.97 Å². The molecule has 0 aliphatic rings. The van der Waals surface area contributed by atoms with Crippen molar-refractivity contribution in [3.05, 3.63) is 46.0 Å². The van der Waals surface area contributed by atoms with Crippen molar-refractivity contribution in [3.63, 3.8) is 0 Å². The predicted octanol–water partition coefficient (Wildman–Crippen LogP) is 2.44. The number of hydrogen-bond acceptors (Lipinski definition) is 4. The minimum atomic E-state index is -0.219. The molecule has 1 aromatic heterocycles. The van der Waals surface area contributed by atoms with E-state index in [1.807, 2.05) is 13.8 Å². The van der Waals surface area contributed by atoms with Crippen molar-refractivity contribution in [2.75, 3.05) is 7.11 Å². The summed E-state index contributed by atoms with van der Waals surface area (Å²) in [6.45, 7) is 3.90. The van der Waals surface area contributed by atoms with Gasteiger partial charge >= 0.3 is 0 Å². The fourth-order valence-electron chi connectivity index (χ4n) is 1.87. The number of hydrogen-bond donors (Lipinski definition) is 1. The number of nitriles is 1. The Bertz CT molecular complexity index is 727. The third kappa shape index (κ3) is 2.69. The van der Waals surface area contributed by atoms with Gasteiger partial charge in [-0.2, -0.15) is 5.26 Å². The standard InChI is InChI=1S/C15H15N3O2/c1-9(2)15-17-12(7-14(19)18-15)11-6-10(8-16)4-5-13(11)20-3/h4-7,9H,1-3H3,(H,17,18,19). The molecule has 0 unspecified atom stereocenters. The Hall–Kier alpha value is -2.61. The maximum Gasteiger partial charge on any atom is 0.251 e. The maximum absolute atomic E-state index is 11.7. The van der Waals surface area contributed by atoms with Crippen LogP contribution in [-0.2, 0) is 0 Å². The molecule has 0 aliphatic heterocycles. The van der Waals surface area contributed by atoms with Crippen LogP contribution in [0.25, 0.3) is 11.3 Å². The van der Waals surface area contributed by atoms with E-state index in [0.717, 1.165) is 0 Å². The quantitative estimate of drug-likeness (QED) is 0.928. The largest absolute Gasteiger partial charge is 0.496 e. The summed E-state index contributed by atoms with van der Waals surface area (Å²) in [6.07, 6.45) is 0. The van der Waals surface area contributed by atoms with Gasteiger partial charge in [0.15, 0.2) is 0 Å². The molecule has 0 bridgehead atoms. The molecule has 5 heteroatoms. The molecule has 102 valence electrons. The molecule has 1 aromatic carbocycles. The van der Waals surface area contributed by atoms with E-state index >= 15 is 0 Å². The van der Waals surface area contributed by atoms with Crippen molar-refractivity contribution >= 4 is 0 Å². The predicted molar refractivity (Wildman–Crippen MR) is 75.6 cm³/mol. The highest BCUT2D eigenvalue weighted by Crippen LogP contribution is 2.29. The van der Waals surface area contributed by atoms with Gasteiger partial charge in [-0.3, -0.25) is 4.79 Å². The number of benzene rings is 1. The summed E-state index contributed by atoms with van der Waals surface area (Å²) in [4.78, 5) is 18.9. The molecule has 2 rings (SSSR count). The Morgan fingerprint density at radius 2 is 2.10 bits per heavy atom. The summed E-state index contributed by atoms with van der Waals surface area (Å²) in [5.41, 5.74) is 1.42. The molecule has 0 saturated heterocycles. The lowest BCUT2D eigenvalue weighted by Crippen LogP contribution is -2.12. The van der Waals surface area contributed by atoms with Gasteiger partial charge in [0.25, 0.3) is 5.56 Å². The van der Waals surface area contributed by atoms with E-state index in [9.17, 15) is 4.79 Å². The average molecular weight is 269 g/mol. The summed E-state index contributed by atoms with van der Waals surface area (Å²) in [5.74, 6) is 1.29. The van der Waals surface area contributed by atoms with Gasteiger partial charge in [-0.25, -0.2) is 4.98 Å². The van der Waals surface area contributed by atoms with Gasteiger partial charge in [-0.15, -0.1) is 0 Å². The zero-order valence-electron chi connectivity index (χ0n) is 11.6. The minimum absolute atomic E-state index is 0.104. The number of nitrogens with zero attached hydrogens (tertiary/aromatic N) is 2. The molecule has 0 fully saturated rings. The number of aromatic amines is 1. The third-order valence-electron chi connectivity index (χ3n) is 2.91. The molecule has 0 spiro atoms. The van der Waals surface area contributed by atoms with Gasteiger partial charge in [-0.1, -0.05) is 13.8 Å². The molecule has 0 atom stereocenters. The second kappa shape index (κ2) is 5.57. The summed E-state index contributed by atoms with van der Waals surface area (Å²) >= 11 is 0. The maximum atomic E-state index is 11.7. The Balaban J connectivity index is 2.67. The Morgan fingerprint density at radius 3 is 2.70 bits per heavy atom. The first-order valence-corrected chi connectivity index (χ1v) is 6.25. The van der Waals surface area contributed by atoms with Crippen LogP contribution in [0.4, 0.5) is 0 Å². The van der Waals surface area contributed by atoms with Gasteiger partial charge in [-0.05, 0) is 18.2 Å². The van der Waals surface area contributed by atoms with Gasteiger partial charge in [0.2, 0.25) is 0 Å². The highest BCUT2D eigenvalue weighted by molar-refractivity contribution is 5.68. The van der Waals surface area contributed by atoms with E-state index in [0.29, 0.717) is 28.4 Å². The van der Waals surface area contributed by atoms with Crippen LogP contribution in [-0.4, -0.2) is 17.1 Å². The second-order valence-electron chi connectivity index (χ2n) is 4.70. The van der Waals surface area contributed by atoms with Crippen molar-refractivity contribution in [2.45, 2.75) is 19.8 Å². The topological polar surface area (TPSA) is 78.8 Å². The molecule has 0 aliphatic carbocycles. The first-order chi connectivity index (χ1) is 9.55. The third-order valence-corrected chi connectivity index (χ3v) is 2.91. The van der Waals surface area contributed by atoms with Gasteiger partial charge in [0.05, 0.1) is 24.4 Å². The van der Waals surface area contributed by atoms with Crippen molar-refractivity contribution in [2.24, 2.45) is 0 Å². The molecular formula is C15H15N3O2. The lowest BCUT2D eigenvalue weighted by atomic mass is 10.1. The monoisotopic (exact) mass is 269 g/mol. The number of nitrogens with one attached hydrogen (secondary N) is 1. The first-order valence-electron chi connectivity index (χ1n) is 6.25. The summed E-state index contributed by atoms with van der Waals surface area (Å²) in [7, 11) is 1.54. The van der Waals surface area contributed by atoms with E-state index < -0.39 is 0 Å². The Morgan fingerprint density at radius 1 is 1.35 bits per heavy atom. The van der Waals surface area contributed by atoms with Gasteiger partial charge in [0.1, 0.15) is 11.6 Å². The minimum Gasteiger partial charge on any atom is -0.496 e. The van der Waals surface area contributed by atoms with E-state index in [1.165, 1.54) is 6.07 Å². The van der Waals surface area contributed by atoms with Crippen LogP contribution in [0.1, 0.15) is 31.2 Å². The van der Waals surface area contributed by atoms with Gasteiger partial charge < -0.3 is 9.72 Å². The summed E-state index contributed by atoms with van der Waals surface area (Å²) in [5, 5.41) is 8.99. The zero-order valence-corrected chi connectivity index (χ0v) is 11.6. The Kier molecular flexibility index (Phi) is 3.85. The van der Waals surface area contributed by atoms with E-state index in [-0.39, 0.29) is 11.5 Å². The normalized spacial score (nSPS) is 10.3. The Labute approximate surface area is 116 Å². The molecule has 0 radical (unpaired) electrons. The molecule has 5 nitrogen and oxygen atoms in total. The van der Waals surface area contributed by atoms with E-state index in [1.54, 1.807) is 25.3 Å². The number of ether oxygens (including phenoxy) is 1. The van der Waals surface area contributed by atoms with Crippen molar-refractivity contribution in [1.29, 1.82) is 5.26 Å². The van der Waals surface area contributed by atoms with Crippen LogP contribution in [0.3, 0.4) is 0 Å². The number of H-pyrrole nitrogens is 1.